The highest BCUT2D eigenvalue weighted by atomic mass is 32.1. The molecule has 6 heteroatoms. The number of amides is 1. The van der Waals surface area contributed by atoms with Gasteiger partial charge in [0.2, 0.25) is 5.91 Å². The summed E-state index contributed by atoms with van der Waals surface area (Å²) in [6.45, 7) is 6.03. The van der Waals surface area contributed by atoms with Crippen molar-refractivity contribution in [2.24, 2.45) is 0 Å². The number of nitrogens with one attached hydrogen (secondary N) is 2. The van der Waals surface area contributed by atoms with Gasteiger partial charge in [0.1, 0.15) is 5.75 Å². The molecule has 21 heavy (non-hydrogen) atoms. The van der Waals surface area contributed by atoms with Gasteiger partial charge < -0.3 is 20.3 Å². The van der Waals surface area contributed by atoms with Crippen LogP contribution in [0.5, 0.6) is 5.75 Å². The van der Waals surface area contributed by atoms with Crippen molar-refractivity contribution in [1.29, 1.82) is 0 Å². The first kappa shape index (κ1) is 17.2. The standard InChI is InChI=1S/C15H23N3O2S/c1-15(2,3)17-13(19)10-18(4)14(21)16-11-7-6-8-12(9-11)20-5/h6-9H,10H2,1-5H3,(H,16,21)(H,17,19). The van der Waals surface area contributed by atoms with Gasteiger partial charge in [0.05, 0.1) is 13.7 Å². The molecule has 0 aliphatic carbocycles. The molecule has 0 saturated heterocycles. The van der Waals surface area contributed by atoms with Crippen LogP contribution in [0.25, 0.3) is 0 Å². The van der Waals surface area contributed by atoms with Crippen molar-refractivity contribution in [1.82, 2.24) is 10.2 Å². The minimum atomic E-state index is -0.250. The fourth-order valence-electron chi connectivity index (χ4n) is 1.66. The number of likely N-dealkylation sites (N-methyl/N-ethyl adjacent to an activating group) is 1. The lowest BCUT2D eigenvalue weighted by Gasteiger charge is -2.25. The van der Waals surface area contributed by atoms with Gasteiger partial charge in [0, 0.05) is 24.3 Å². The topological polar surface area (TPSA) is 53.6 Å². The number of hydrogen-bond donors (Lipinski definition) is 2. The van der Waals surface area contributed by atoms with Crippen LogP contribution in [-0.4, -0.2) is 42.2 Å². The molecule has 0 aliphatic heterocycles. The highest BCUT2D eigenvalue weighted by Crippen LogP contribution is 2.16. The lowest BCUT2D eigenvalue weighted by atomic mass is 10.1. The summed E-state index contributed by atoms with van der Waals surface area (Å²) in [4.78, 5) is 13.6. The largest absolute Gasteiger partial charge is 0.497 e. The van der Waals surface area contributed by atoms with Gasteiger partial charge in [-0.2, -0.15) is 0 Å². The predicted octanol–water partition coefficient (Wildman–Crippen LogP) is 2.24. The maximum atomic E-state index is 11.9. The highest BCUT2D eigenvalue weighted by Gasteiger charge is 2.16. The molecule has 1 aromatic carbocycles. The first-order valence-electron chi connectivity index (χ1n) is 6.68. The van der Waals surface area contributed by atoms with E-state index in [1.54, 1.807) is 19.1 Å². The van der Waals surface area contributed by atoms with Crippen LogP contribution >= 0.6 is 12.2 Å². The van der Waals surface area contributed by atoms with Gasteiger partial charge in [-0.05, 0) is 45.1 Å². The number of methoxy groups -OCH3 is 1. The number of thiocarbonyl (C=S) groups is 1. The summed E-state index contributed by atoms with van der Waals surface area (Å²) in [5, 5.41) is 6.46. The predicted molar refractivity (Wildman–Crippen MR) is 89.7 cm³/mol. The Labute approximate surface area is 131 Å². The van der Waals surface area contributed by atoms with Crippen LogP contribution in [-0.2, 0) is 4.79 Å². The van der Waals surface area contributed by atoms with Crippen molar-refractivity contribution in [3.05, 3.63) is 24.3 Å². The molecule has 2 N–H and O–H groups in total. The highest BCUT2D eigenvalue weighted by molar-refractivity contribution is 7.80. The number of rotatable bonds is 4. The molecule has 0 aliphatic rings. The normalized spacial score (nSPS) is 10.7. The molecule has 0 radical (unpaired) electrons. The Morgan fingerprint density at radius 1 is 1.38 bits per heavy atom. The summed E-state index contributed by atoms with van der Waals surface area (Å²) in [6, 6.07) is 7.46. The third-order valence-electron chi connectivity index (χ3n) is 2.56. The van der Waals surface area contributed by atoms with Gasteiger partial charge in [-0.3, -0.25) is 4.79 Å². The molecule has 0 fully saturated rings. The molecule has 1 rings (SSSR count). The number of ether oxygens (including phenoxy) is 1. The summed E-state index contributed by atoms with van der Waals surface area (Å²) in [5.41, 5.74) is 0.571. The van der Waals surface area contributed by atoms with Crippen LogP contribution in [0.2, 0.25) is 0 Å². The second-order valence-corrected chi connectivity index (χ2v) is 6.20. The molecular weight excluding hydrogens is 286 g/mol. The first-order valence-corrected chi connectivity index (χ1v) is 7.09. The number of anilines is 1. The Balaban J connectivity index is 2.56. The quantitative estimate of drug-likeness (QED) is 0.836. The van der Waals surface area contributed by atoms with Gasteiger partial charge in [0.25, 0.3) is 0 Å². The summed E-state index contributed by atoms with van der Waals surface area (Å²) >= 11 is 5.29. The van der Waals surface area contributed by atoms with E-state index in [4.69, 9.17) is 17.0 Å². The van der Waals surface area contributed by atoms with E-state index in [9.17, 15) is 4.79 Å². The van der Waals surface area contributed by atoms with Gasteiger partial charge in [-0.15, -0.1) is 0 Å². The molecular formula is C15H23N3O2S. The Bertz CT molecular complexity index is 512. The average Bonchev–Trinajstić information content (AvgIpc) is 2.36. The van der Waals surface area contributed by atoms with Crippen molar-refractivity contribution < 1.29 is 9.53 Å². The van der Waals surface area contributed by atoms with Crippen LogP contribution in [0.3, 0.4) is 0 Å². The number of nitrogens with zero attached hydrogens (tertiary/aromatic N) is 1. The van der Waals surface area contributed by atoms with Gasteiger partial charge in [-0.1, -0.05) is 6.07 Å². The summed E-state index contributed by atoms with van der Waals surface area (Å²) in [7, 11) is 3.39. The molecule has 0 spiro atoms. The molecule has 1 aromatic rings. The first-order chi connectivity index (χ1) is 9.71. The monoisotopic (exact) mass is 309 g/mol. The van der Waals surface area contributed by atoms with Crippen molar-refractivity contribution in [2.45, 2.75) is 26.3 Å². The molecule has 0 aromatic heterocycles. The van der Waals surface area contributed by atoms with E-state index in [0.717, 1.165) is 11.4 Å². The molecule has 116 valence electrons. The second-order valence-electron chi connectivity index (χ2n) is 5.82. The van der Waals surface area contributed by atoms with E-state index in [1.807, 2.05) is 45.0 Å². The van der Waals surface area contributed by atoms with E-state index in [2.05, 4.69) is 10.6 Å². The molecule has 0 saturated carbocycles. The number of benzene rings is 1. The molecule has 0 bridgehead atoms. The Kier molecular flexibility index (Phi) is 5.96. The molecule has 5 nitrogen and oxygen atoms in total. The van der Waals surface area contributed by atoms with E-state index in [1.165, 1.54) is 0 Å². The minimum absolute atomic E-state index is 0.0696. The third-order valence-corrected chi connectivity index (χ3v) is 2.98. The zero-order chi connectivity index (χ0) is 16.0. The van der Waals surface area contributed by atoms with E-state index in [-0.39, 0.29) is 18.0 Å². The van der Waals surface area contributed by atoms with E-state index >= 15 is 0 Å². The summed E-state index contributed by atoms with van der Waals surface area (Å²) in [5.74, 6) is 0.677. The van der Waals surface area contributed by atoms with Crippen molar-refractivity contribution in [2.75, 3.05) is 26.0 Å². The summed E-state index contributed by atoms with van der Waals surface area (Å²) in [6.07, 6.45) is 0. The van der Waals surface area contributed by atoms with Gasteiger partial charge in [-0.25, -0.2) is 0 Å². The van der Waals surface area contributed by atoms with Crippen LogP contribution in [0, 0.1) is 0 Å². The fourth-order valence-corrected chi connectivity index (χ4v) is 1.85. The average molecular weight is 309 g/mol. The molecule has 1 amide bonds. The van der Waals surface area contributed by atoms with Gasteiger partial charge >= 0.3 is 0 Å². The number of carbonyl (C=O) groups excluding carboxylic acids is 1. The zero-order valence-electron chi connectivity index (χ0n) is 13.2. The lowest BCUT2D eigenvalue weighted by molar-refractivity contribution is -0.122. The zero-order valence-corrected chi connectivity index (χ0v) is 14.0. The number of carbonyl (C=O) groups is 1. The van der Waals surface area contributed by atoms with Crippen LogP contribution in [0.4, 0.5) is 5.69 Å². The Hall–Kier alpha value is -1.82. The smallest absolute Gasteiger partial charge is 0.239 e. The second kappa shape index (κ2) is 7.26. The van der Waals surface area contributed by atoms with Crippen molar-refractivity contribution >= 4 is 28.9 Å². The lowest BCUT2D eigenvalue weighted by Crippen LogP contribution is -2.47. The van der Waals surface area contributed by atoms with Crippen LogP contribution in [0.15, 0.2) is 24.3 Å². The van der Waals surface area contributed by atoms with Crippen molar-refractivity contribution in [3.8, 4) is 5.75 Å². The third kappa shape index (κ3) is 6.44. The van der Waals surface area contributed by atoms with E-state index < -0.39 is 0 Å². The van der Waals surface area contributed by atoms with Crippen LogP contribution < -0.4 is 15.4 Å². The molecule has 0 unspecified atom stereocenters. The Morgan fingerprint density at radius 2 is 2.05 bits per heavy atom. The maximum Gasteiger partial charge on any atom is 0.239 e. The maximum absolute atomic E-state index is 11.9. The fraction of sp³-hybridized carbons (Fsp3) is 0.467. The van der Waals surface area contributed by atoms with Crippen LogP contribution in [0.1, 0.15) is 20.8 Å². The molecule has 0 heterocycles. The summed E-state index contributed by atoms with van der Waals surface area (Å²) < 4.78 is 5.16. The molecule has 0 atom stereocenters. The number of hydrogen-bond acceptors (Lipinski definition) is 3. The SMILES string of the molecule is COc1cccc(NC(=S)N(C)CC(=O)NC(C)(C)C)c1. The van der Waals surface area contributed by atoms with Crippen molar-refractivity contribution in [3.63, 3.8) is 0 Å². The van der Waals surface area contributed by atoms with E-state index in [0.29, 0.717) is 5.11 Å². The Morgan fingerprint density at radius 3 is 2.62 bits per heavy atom. The minimum Gasteiger partial charge on any atom is -0.497 e. The van der Waals surface area contributed by atoms with Gasteiger partial charge in [0.15, 0.2) is 5.11 Å².